The molecule has 0 aromatic heterocycles. The van der Waals surface area contributed by atoms with Crippen LogP contribution in [0.25, 0.3) is 0 Å². The van der Waals surface area contributed by atoms with E-state index in [4.69, 9.17) is 0 Å². The number of benzene rings is 1. The van der Waals surface area contributed by atoms with E-state index in [-0.39, 0.29) is 0 Å². The van der Waals surface area contributed by atoms with E-state index in [2.05, 4.69) is 27.4 Å². The lowest BCUT2D eigenvalue weighted by molar-refractivity contribution is 0.222. The van der Waals surface area contributed by atoms with Gasteiger partial charge in [0.05, 0.1) is 14.2 Å². The fourth-order valence-electron chi connectivity index (χ4n) is 2.56. The Morgan fingerprint density at radius 3 is 2.00 bits per heavy atom. The van der Waals surface area contributed by atoms with Gasteiger partial charge in [-0.2, -0.15) is 0 Å². The normalized spacial score (nSPS) is 13.4. The molecule has 1 aromatic carbocycles. The summed E-state index contributed by atoms with van der Waals surface area (Å²) >= 11 is 0. The third-order valence-corrected chi connectivity index (χ3v) is 9.85. The van der Waals surface area contributed by atoms with Crippen molar-refractivity contribution in [1.29, 1.82) is 0 Å². The SMILES string of the molecule is C=C(C(O)c1ccccc1)[Si](CC)(CC)CC. The molecule has 0 heterocycles. The average molecular weight is 248 g/mol. The van der Waals surface area contributed by atoms with Crippen molar-refractivity contribution in [1.82, 2.24) is 0 Å². The Kier molecular flexibility index (Phi) is 5.16. The van der Waals surface area contributed by atoms with Crippen LogP contribution < -0.4 is 0 Å². The van der Waals surface area contributed by atoms with E-state index in [1.165, 1.54) is 18.1 Å². The Hall–Kier alpha value is -0.863. The summed E-state index contributed by atoms with van der Waals surface area (Å²) in [5, 5.41) is 11.5. The van der Waals surface area contributed by atoms with Gasteiger partial charge in [-0.1, -0.05) is 74.4 Å². The Balaban J connectivity index is 2.96. The molecule has 0 radical (unpaired) electrons. The maximum absolute atomic E-state index is 10.5. The Morgan fingerprint density at radius 1 is 1.12 bits per heavy atom. The van der Waals surface area contributed by atoms with Crippen LogP contribution >= 0.6 is 0 Å². The summed E-state index contributed by atoms with van der Waals surface area (Å²) in [6, 6.07) is 13.4. The van der Waals surface area contributed by atoms with E-state index in [1.807, 2.05) is 30.3 Å². The van der Waals surface area contributed by atoms with Crippen molar-refractivity contribution in [2.75, 3.05) is 0 Å². The van der Waals surface area contributed by atoms with Gasteiger partial charge in [0.2, 0.25) is 0 Å². The smallest absolute Gasteiger partial charge is 0.0964 e. The Bertz CT molecular complexity index is 346. The monoisotopic (exact) mass is 248 g/mol. The van der Waals surface area contributed by atoms with Crippen molar-refractivity contribution in [2.24, 2.45) is 0 Å². The van der Waals surface area contributed by atoms with Crippen LogP contribution in [0, 0.1) is 0 Å². The highest BCUT2D eigenvalue weighted by atomic mass is 28.3. The summed E-state index contributed by atoms with van der Waals surface area (Å²) in [6.45, 7) is 10.9. The molecule has 1 nitrogen and oxygen atoms in total. The summed E-state index contributed by atoms with van der Waals surface area (Å²) in [4.78, 5) is 0. The third kappa shape index (κ3) is 2.88. The van der Waals surface area contributed by atoms with Gasteiger partial charge in [0.25, 0.3) is 0 Å². The molecule has 0 aliphatic carbocycles. The van der Waals surface area contributed by atoms with Gasteiger partial charge in [-0.25, -0.2) is 0 Å². The predicted molar refractivity (Wildman–Crippen MR) is 77.7 cm³/mol. The number of hydrogen-bond acceptors (Lipinski definition) is 1. The number of aliphatic hydroxyl groups excluding tert-OH is 1. The van der Waals surface area contributed by atoms with Crippen molar-refractivity contribution in [3.05, 3.63) is 47.7 Å². The van der Waals surface area contributed by atoms with E-state index in [0.29, 0.717) is 0 Å². The highest BCUT2D eigenvalue weighted by Gasteiger charge is 2.34. The van der Waals surface area contributed by atoms with E-state index in [1.54, 1.807) is 0 Å². The molecule has 1 atom stereocenters. The second-order valence-electron chi connectivity index (χ2n) is 4.68. The molecule has 0 saturated carbocycles. The van der Waals surface area contributed by atoms with E-state index in [9.17, 15) is 5.11 Å². The van der Waals surface area contributed by atoms with Crippen molar-refractivity contribution in [3.8, 4) is 0 Å². The topological polar surface area (TPSA) is 20.2 Å². The molecule has 1 rings (SSSR count). The van der Waals surface area contributed by atoms with Crippen LogP contribution in [0.1, 0.15) is 32.4 Å². The molecule has 94 valence electrons. The average Bonchev–Trinajstić information content (AvgIpc) is 2.41. The molecule has 0 fully saturated rings. The van der Waals surface area contributed by atoms with E-state index < -0.39 is 14.2 Å². The molecular formula is C15H24OSi. The molecule has 0 saturated heterocycles. The molecule has 0 spiro atoms. The Labute approximate surface area is 106 Å². The zero-order chi connectivity index (χ0) is 12.9. The molecule has 0 amide bonds. The molecule has 1 N–H and O–H groups in total. The predicted octanol–water partition coefficient (Wildman–Crippen LogP) is 4.32. The first-order valence-corrected chi connectivity index (χ1v) is 9.15. The van der Waals surface area contributed by atoms with Gasteiger partial charge in [0.1, 0.15) is 0 Å². The quantitative estimate of drug-likeness (QED) is 0.743. The zero-order valence-corrected chi connectivity index (χ0v) is 12.2. The van der Waals surface area contributed by atoms with Crippen LogP contribution in [0.5, 0.6) is 0 Å². The van der Waals surface area contributed by atoms with Crippen LogP contribution in [0.3, 0.4) is 0 Å². The fourth-order valence-corrected chi connectivity index (χ4v) is 6.17. The maximum atomic E-state index is 10.5. The minimum absolute atomic E-state index is 0.484. The minimum Gasteiger partial charge on any atom is -0.384 e. The van der Waals surface area contributed by atoms with Gasteiger partial charge in [-0.05, 0) is 5.56 Å². The molecule has 0 bridgehead atoms. The number of hydrogen-bond donors (Lipinski definition) is 1. The van der Waals surface area contributed by atoms with Gasteiger partial charge in [0.15, 0.2) is 0 Å². The molecular weight excluding hydrogens is 224 g/mol. The van der Waals surface area contributed by atoms with Gasteiger partial charge in [0, 0.05) is 0 Å². The van der Waals surface area contributed by atoms with Crippen molar-refractivity contribution in [2.45, 2.75) is 45.0 Å². The largest absolute Gasteiger partial charge is 0.384 e. The first-order valence-electron chi connectivity index (χ1n) is 6.53. The molecule has 2 heteroatoms. The first-order chi connectivity index (χ1) is 8.11. The molecule has 17 heavy (non-hydrogen) atoms. The summed E-state index contributed by atoms with van der Waals surface area (Å²) in [5.74, 6) is 0. The van der Waals surface area contributed by atoms with Gasteiger partial charge in [-0.3, -0.25) is 0 Å². The van der Waals surface area contributed by atoms with E-state index >= 15 is 0 Å². The van der Waals surface area contributed by atoms with Gasteiger partial charge >= 0.3 is 0 Å². The number of rotatable bonds is 6. The van der Waals surface area contributed by atoms with Crippen molar-refractivity contribution >= 4 is 8.07 Å². The van der Waals surface area contributed by atoms with Gasteiger partial charge < -0.3 is 5.11 Å². The van der Waals surface area contributed by atoms with E-state index in [0.717, 1.165) is 10.8 Å². The molecule has 0 aliphatic rings. The fraction of sp³-hybridized carbons (Fsp3) is 0.467. The third-order valence-electron chi connectivity index (χ3n) is 4.16. The second kappa shape index (κ2) is 6.17. The minimum atomic E-state index is -1.51. The maximum Gasteiger partial charge on any atom is 0.0964 e. The lowest BCUT2D eigenvalue weighted by Gasteiger charge is -2.33. The standard InChI is InChI=1S/C15H24OSi/c1-5-17(6-2,7-3)13(4)15(16)14-11-9-8-10-12-14/h8-12,15-16H,4-7H2,1-3H3. The highest BCUT2D eigenvalue weighted by Crippen LogP contribution is 2.35. The number of aliphatic hydroxyl groups is 1. The second-order valence-corrected chi connectivity index (χ2v) is 10.0. The summed E-state index contributed by atoms with van der Waals surface area (Å²) in [5.41, 5.74) is 0.977. The molecule has 1 aromatic rings. The molecule has 1 unspecified atom stereocenters. The van der Waals surface area contributed by atoms with Crippen LogP contribution in [0.15, 0.2) is 42.1 Å². The van der Waals surface area contributed by atoms with Crippen molar-refractivity contribution < 1.29 is 5.11 Å². The van der Waals surface area contributed by atoms with Crippen LogP contribution in [0.4, 0.5) is 0 Å². The summed E-state index contributed by atoms with van der Waals surface area (Å²) < 4.78 is 0. The van der Waals surface area contributed by atoms with Crippen LogP contribution in [0.2, 0.25) is 18.1 Å². The van der Waals surface area contributed by atoms with Crippen LogP contribution in [-0.4, -0.2) is 13.2 Å². The zero-order valence-electron chi connectivity index (χ0n) is 11.2. The highest BCUT2D eigenvalue weighted by molar-refractivity contribution is 6.86. The lowest BCUT2D eigenvalue weighted by Crippen LogP contribution is -2.36. The van der Waals surface area contributed by atoms with Gasteiger partial charge in [-0.15, -0.1) is 6.58 Å². The summed E-state index contributed by atoms with van der Waals surface area (Å²) in [6.07, 6.45) is -0.484. The van der Waals surface area contributed by atoms with Crippen molar-refractivity contribution in [3.63, 3.8) is 0 Å². The van der Waals surface area contributed by atoms with Crippen LogP contribution in [-0.2, 0) is 0 Å². The molecule has 0 aliphatic heterocycles. The Morgan fingerprint density at radius 2 is 1.59 bits per heavy atom. The first kappa shape index (κ1) is 14.2. The summed E-state index contributed by atoms with van der Waals surface area (Å²) in [7, 11) is -1.51. The lowest BCUT2D eigenvalue weighted by atomic mass is 10.1.